The highest BCUT2D eigenvalue weighted by Gasteiger charge is 2.08. The number of aryl methyl sites for hydroxylation is 1. The van der Waals surface area contributed by atoms with E-state index in [0.717, 1.165) is 0 Å². The fourth-order valence-corrected chi connectivity index (χ4v) is 1.69. The molecule has 0 aliphatic rings. The largest absolute Gasteiger partial charge is 0.310 e. The van der Waals surface area contributed by atoms with E-state index in [4.69, 9.17) is 23.2 Å². The number of aromatic nitrogens is 2. The minimum atomic E-state index is -0.264. The zero-order valence-corrected chi connectivity index (χ0v) is 8.78. The van der Waals surface area contributed by atoms with Gasteiger partial charge in [0.15, 0.2) is 0 Å². The van der Waals surface area contributed by atoms with Gasteiger partial charge in [0.1, 0.15) is 5.82 Å². The second kappa shape index (κ2) is 3.26. The first kappa shape index (κ1) is 9.49. The molecule has 0 aliphatic carbocycles. The Hall–Kier alpha value is -1.06. The number of aromatic amines is 1. The highest BCUT2D eigenvalue weighted by atomic mass is 35.5. The lowest BCUT2D eigenvalue weighted by Crippen LogP contribution is -2.10. The normalized spacial score (nSPS) is 10.8. The minimum Gasteiger partial charge on any atom is -0.310 e. The highest BCUT2D eigenvalue weighted by molar-refractivity contribution is 6.45. The van der Waals surface area contributed by atoms with Gasteiger partial charge in [0.05, 0.1) is 20.9 Å². The molecule has 1 aromatic carbocycles. The van der Waals surface area contributed by atoms with E-state index >= 15 is 0 Å². The molecule has 1 N–H and O–H groups in total. The van der Waals surface area contributed by atoms with Crippen LogP contribution in [0.5, 0.6) is 0 Å². The number of hydrogen-bond donors (Lipinski definition) is 1. The van der Waals surface area contributed by atoms with Crippen molar-refractivity contribution in [3.05, 3.63) is 38.4 Å². The summed E-state index contributed by atoms with van der Waals surface area (Å²) in [4.78, 5) is 18.2. The van der Waals surface area contributed by atoms with Crippen molar-refractivity contribution in [2.75, 3.05) is 0 Å². The highest BCUT2D eigenvalue weighted by Crippen LogP contribution is 2.27. The first-order valence-electron chi connectivity index (χ1n) is 3.94. The van der Waals surface area contributed by atoms with Gasteiger partial charge in [-0.15, -0.1) is 0 Å². The Labute approximate surface area is 89.7 Å². The predicted octanol–water partition coefficient (Wildman–Crippen LogP) is 2.54. The van der Waals surface area contributed by atoms with Gasteiger partial charge in [-0.2, -0.15) is 0 Å². The van der Waals surface area contributed by atoms with E-state index in [1.807, 2.05) is 0 Å². The third-order valence-electron chi connectivity index (χ3n) is 1.88. The van der Waals surface area contributed by atoms with Crippen LogP contribution < -0.4 is 5.56 Å². The molecule has 0 bridgehead atoms. The van der Waals surface area contributed by atoms with E-state index < -0.39 is 0 Å². The maximum atomic E-state index is 11.5. The van der Waals surface area contributed by atoms with Crippen molar-refractivity contribution in [2.45, 2.75) is 6.92 Å². The van der Waals surface area contributed by atoms with Gasteiger partial charge in [-0.05, 0) is 19.1 Å². The van der Waals surface area contributed by atoms with Crippen LogP contribution in [0.15, 0.2) is 16.9 Å². The number of fused-ring (bicyclic) bond motifs is 1. The van der Waals surface area contributed by atoms with Crippen LogP contribution in [0.25, 0.3) is 10.9 Å². The van der Waals surface area contributed by atoms with Gasteiger partial charge in [-0.25, -0.2) is 4.98 Å². The summed E-state index contributed by atoms with van der Waals surface area (Å²) < 4.78 is 0. The summed E-state index contributed by atoms with van der Waals surface area (Å²) in [5.74, 6) is 0.556. The summed E-state index contributed by atoms with van der Waals surface area (Å²) in [6.45, 7) is 1.71. The van der Waals surface area contributed by atoms with Crippen LogP contribution in [-0.2, 0) is 0 Å². The van der Waals surface area contributed by atoms with Gasteiger partial charge in [-0.1, -0.05) is 23.2 Å². The number of halogens is 2. The summed E-state index contributed by atoms with van der Waals surface area (Å²) in [6, 6.07) is 3.30. The molecule has 5 heteroatoms. The fourth-order valence-electron chi connectivity index (χ4n) is 1.29. The van der Waals surface area contributed by atoms with Crippen LogP contribution in [-0.4, -0.2) is 9.97 Å². The molecule has 0 saturated heterocycles. The van der Waals surface area contributed by atoms with Crippen LogP contribution >= 0.6 is 23.2 Å². The van der Waals surface area contributed by atoms with Gasteiger partial charge in [0.25, 0.3) is 5.56 Å². The Kier molecular flexibility index (Phi) is 2.21. The molecule has 0 aliphatic heterocycles. The van der Waals surface area contributed by atoms with Crippen LogP contribution in [0, 0.1) is 6.92 Å². The number of nitrogens with one attached hydrogen (secondary N) is 1. The molecule has 3 nitrogen and oxygen atoms in total. The van der Waals surface area contributed by atoms with Crippen LogP contribution in [0.3, 0.4) is 0 Å². The molecule has 1 aromatic heterocycles. The second-order valence-corrected chi connectivity index (χ2v) is 3.69. The smallest absolute Gasteiger partial charge is 0.260 e. The Morgan fingerprint density at radius 3 is 2.79 bits per heavy atom. The van der Waals surface area contributed by atoms with E-state index in [-0.39, 0.29) is 10.6 Å². The molecule has 0 fully saturated rings. The lowest BCUT2D eigenvalue weighted by atomic mass is 10.2. The van der Waals surface area contributed by atoms with E-state index in [2.05, 4.69) is 9.97 Å². The number of H-pyrrole nitrogens is 1. The van der Waals surface area contributed by atoms with Gasteiger partial charge < -0.3 is 4.98 Å². The van der Waals surface area contributed by atoms with E-state index in [9.17, 15) is 4.79 Å². The number of rotatable bonds is 0. The van der Waals surface area contributed by atoms with E-state index in [0.29, 0.717) is 21.7 Å². The summed E-state index contributed by atoms with van der Waals surface area (Å²) >= 11 is 11.7. The summed E-state index contributed by atoms with van der Waals surface area (Å²) in [5.41, 5.74) is 0.292. The van der Waals surface area contributed by atoms with Crippen LogP contribution in [0.1, 0.15) is 5.82 Å². The molecule has 0 unspecified atom stereocenters. The maximum Gasteiger partial charge on any atom is 0.260 e. The van der Waals surface area contributed by atoms with Gasteiger partial charge >= 0.3 is 0 Å². The van der Waals surface area contributed by atoms with Crippen LogP contribution in [0.4, 0.5) is 0 Å². The third-order valence-corrected chi connectivity index (χ3v) is 2.69. The van der Waals surface area contributed by atoms with Gasteiger partial charge in [-0.3, -0.25) is 4.79 Å². The molecule has 0 spiro atoms. The molecular weight excluding hydrogens is 223 g/mol. The topological polar surface area (TPSA) is 45.8 Å². The van der Waals surface area contributed by atoms with Crippen molar-refractivity contribution in [3.63, 3.8) is 0 Å². The van der Waals surface area contributed by atoms with Crippen molar-refractivity contribution in [3.8, 4) is 0 Å². The summed E-state index contributed by atoms with van der Waals surface area (Å²) in [7, 11) is 0. The molecule has 14 heavy (non-hydrogen) atoms. The molecule has 1 heterocycles. The third kappa shape index (κ3) is 1.38. The second-order valence-electron chi connectivity index (χ2n) is 2.91. The van der Waals surface area contributed by atoms with Crippen molar-refractivity contribution in [2.24, 2.45) is 0 Å². The van der Waals surface area contributed by atoms with Gasteiger partial charge in [0.2, 0.25) is 0 Å². The quantitative estimate of drug-likeness (QED) is 0.754. The predicted molar refractivity (Wildman–Crippen MR) is 57.1 cm³/mol. The Morgan fingerprint density at radius 1 is 1.36 bits per heavy atom. The number of nitrogens with zero attached hydrogens (tertiary/aromatic N) is 1. The fraction of sp³-hybridized carbons (Fsp3) is 0.111. The monoisotopic (exact) mass is 228 g/mol. The molecule has 72 valence electrons. The molecule has 0 radical (unpaired) electrons. The molecule has 2 rings (SSSR count). The molecule has 0 saturated carbocycles. The molecular formula is C9H6Cl2N2O. The minimum absolute atomic E-state index is 0.248. The van der Waals surface area contributed by atoms with Crippen molar-refractivity contribution in [1.29, 1.82) is 0 Å². The first-order valence-corrected chi connectivity index (χ1v) is 4.70. The molecule has 2 aromatic rings. The first-order chi connectivity index (χ1) is 6.59. The Bertz CT molecular complexity index is 562. The van der Waals surface area contributed by atoms with Crippen molar-refractivity contribution in [1.82, 2.24) is 9.97 Å². The van der Waals surface area contributed by atoms with Gasteiger partial charge in [0, 0.05) is 0 Å². The average molecular weight is 229 g/mol. The zero-order chi connectivity index (χ0) is 10.3. The SMILES string of the molecule is Cc1nc2ccc(Cl)c(Cl)c2c(=O)[nH]1. The van der Waals surface area contributed by atoms with Crippen molar-refractivity contribution >= 4 is 34.1 Å². The Balaban J connectivity index is 3.03. The summed E-state index contributed by atoms with van der Waals surface area (Å²) in [5, 5.41) is 0.943. The number of hydrogen-bond acceptors (Lipinski definition) is 2. The molecule has 0 atom stereocenters. The molecule has 0 amide bonds. The number of benzene rings is 1. The Morgan fingerprint density at radius 2 is 2.07 bits per heavy atom. The van der Waals surface area contributed by atoms with E-state index in [1.165, 1.54) is 0 Å². The van der Waals surface area contributed by atoms with E-state index in [1.54, 1.807) is 19.1 Å². The zero-order valence-electron chi connectivity index (χ0n) is 7.27. The standard InChI is InChI=1S/C9H6Cl2N2O/c1-4-12-6-3-2-5(10)8(11)7(6)9(14)13-4/h2-3H,1H3,(H,12,13,14). The maximum absolute atomic E-state index is 11.5. The van der Waals surface area contributed by atoms with Crippen molar-refractivity contribution < 1.29 is 0 Å². The van der Waals surface area contributed by atoms with Crippen LogP contribution in [0.2, 0.25) is 10.0 Å². The lowest BCUT2D eigenvalue weighted by Gasteiger charge is -2.01. The average Bonchev–Trinajstić information content (AvgIpc) is 2.10. The lowest BCUT2D eigenvalue weighted by molar-refractivity contribution is 1.06. The summed E-state index contributed by atoms with van der Waals surface area (Å²) in [6.07, 6.45) is 0.